The average Bonchev–Trinajstić information content (AvgIpc) is 3.26. The molecule has 5 nitrogen and oxygen atoms in total. The van der Waals surface area contributed by atoms with Crippen molar-refractivity contribution >= 4 is 46.8 Å². The number of rotatable bonds is 4. The number of halogens is 5. The van der Waals surface area contributed by atoms with E-state index in [9.17, 15) is 22.8 Å². The van der Waals surface area contributed by atoms with Crippen molar-refractivity contribution in [1.29, 1.82) is 0 Å². The number of anilines is 1. The van der Waals surface area contributed by atoms with Gasteiger partial charge in [-0.2, -0.15) is 13.2 Å². The first-order valence-corrected chi connectivity index (χ1v) is 11.8. The van der Waals surface area contributed by atoms with Gasteiger partial charge in [-0.05, 0) is 68.8 Å². The number of aromatic nitrogens is 1. The van der Waals surface area contributed by atoms with Gasteiger partial charge in [-0.15, -0.1) is 0 Å². The van der Waals surface area contributed by atoms with Gasteiger partial charge < -0.3 is 9.30 Å². The number of carbonyl (C=O) groups excluding carboxylic acids is 2. The van der Waals surface area contributed by atoms with Crippen molar-refractivity contribution in [3.63, 3.8) is 0 Å². The van der Waals surface area contributed by atoms with Crippen LogP contribution in [0.4, 0.5) is 18.9 Å². The van der Waals surface area contributed by atoms with Crippen molar-refractivity contribution in [2.75, 3.05) is 12.0 Å². The van der Waals surface area contributed by atoms with E-state index in [4.69, 9.17) is 27.9 Å². The van der Waals surface area contributed by atoms with Gasteiger partial charge in [-0.25, -0.2) is 4.79 Å². The highest BCUT2D eigenvalue weighted by Crippen LogP contribution is 2.39. The van der Waals surface area contributed by atoms with Crippen molar-refractivity contribution in [3.8, 4) is 5.69 Å². The molecule has 0 fully saturated rings. The van der Waals surface area contributed by atoms with Crippen LogP contribution in [0, 0.1) is 13.8 Å². The van der Waals surface area contributed by atoms with Crippen molar-refractivity contribution in [3.05, 3.63) is 97.9 Å². The molecule has 192 valence electrons. The lowest BCUT2D eigenvalue weighted by atomic mass is 10.0. The van der Waals surface area contributed by atoms with E-state index >= 15 is 0 Å². The Bertz CT molecular complexity index is 1500. The van der Waals surface area contributed by atoms with Gasteiger partial charge in [0, 0.05) is 22.8 Å². The van der Waals surface area contributed by atoms with Gasteiger partial charge in [0.1, 0.15) is 0 Å². The molecule has 0 atom stereocenters. The highest BCUT2D eigenvalue weighted by Gasteiger charge is 2.39. The zero-order valence-corrected chi connectivity index (χ0v) is 21.7. The number of alkyl halides is 3. The summed E-state index contributed by atoms with van der Waals surface area (Å²) in [6.45, 7) is 5.15. The molecule has 0 aliphatic carbocycles. The van der Waals surface area contributed by atoms with Crippen LogP contribution in [0.3, 0.4) is 0 Å². The third-order valence-electron chi connectivity index (χ3n) is 6.16. The summed E-state index contributed by atoms with van der Waals surface area (Å²) < 4.78 is 46.8. The third-order valence-corrected chi connectivity index (χ3v) is 6.97. The normalized spacial score (nSPS) is 15.2. The van der Waals surface area contributed by atoms with Crippen LogP contribution < -0.4 is 4.90 Å². The summed E-state index contributed by atoms with van der Waals surface area (Å²) in [5, 5.41) is 0.727. The first-order valence-electron chi connectivity index (χ1n) is 11.0. The van der Waals surface area contributed by atoms with E-state index < -0.39 is 23.6 Å². The number of carbonyl (C=O) groups is 2. The van der Waals surface area contributed by atoms with Gasteiger partial charge in [-0.3, -0.25) is 9.69 Å². The van der Waals surface area contributed by atoms with Gasteiger partial charge in [0.2, 0.25) is 0 Å². The average molecular weight is 549 g/mol. The van der Waals surface area contributed by atoms with Crippen molar-refractivity contribution in [2.45, 2.75) is 26.9 Å². The topological polar surface area (TPSA) is 51.5 Å². The molecule has 0 spiro atoms. The molecule has 0 unspecified atom stereocenters. The van der Waals surface area contributed by atoms with Crippen molar-refractivity contribution in [2.24, 2.45) is 0 Å². The Morgan fingerprint density at radius 3 is 2.35 bits per heavy atom. The minimum Gasteiger partial charge on any atom is -0.465 e. The molecule has 1 aromatic heterocycles. The molecule has 2 aromatic carbocycles. The third kappa shape index (κ3) is 4.67. The summed E-state index contributed by atoms with van der Waals surface area (Å²) in [7, 11) is 1.17. The maximum Gasteiger partial charge on any atom is 0.416 e. The Morgan fingerprint density at radius 1 is 1.03 bits per heavy atom. The number of nitrogens with zero attached hydrogens (tertiary/aromatic N) is 2. The van der Waals surface area contributed by atoms with Gasteiger partial charge in [0.15, 0.2) is 0 Å². The maximum atomic E-state index is 13.6. The van der Waals surface area contributed by atoms with E-state index in [-0.39, 0.29) is 22.5 Å². The summed E-state index contributed by atoms with van der Waals surface area (Å²) in [6.07, 6.45) is -3.07. The number of esters is 1. The Kier molecular flexibility index (Phi) is 7.01. The highest BCUT2D eigenvalue weighted by atomic mass is 35.5. The first-order chi connectivity index (χ1) is 17.4. The predicted molar refractivity (Wildman–Crippen MR) is 137 cm³/mol. The highest BCUT2D eigenvalue weighted by molar-refractivity contribution is 6.43. The van der Waals surface area contributed by atoms with E-state index in [0.29, 0.717) is 27.0 Å². The minimum atomic E-state index is -4.60. The second-order valence-corrected chi connectivity index (χ2v) is 9.22. The monoisotopic (exact) mass is 548 g/mol. The number of allylic oxidation sites excluding steroid dienone is 1. The Balaban J connectivity index is 1.87. The Hall–Kier alpha value is -3.49. The summed E-state index contributed by atoms with van der Waals surface area (Å²) in [5.41, 5.74) is 1.94. The van der Waals surface area contributed by atoms with Crippen LogP contribution in [0.1, 0.15) is 29.4 Å². The lowest BCUT2D eigenvalue weighted by Crippen LogP contribution is -2.25. The number of benzene rings is 2. The molecular formula is C27H21Cl2F3N2O3. The van der Waals surface area contributed by atoms with Crippen molar-refractivity contribution < 1.29 is 27.5 Å². The fraction of sp³-hybridized carbons (Fsp3) is 0.185. The standard InChI is InChI=1S/C27H21Cl2F3N2O3/c1-14-11-17(15(2)33(14)22-10-6-9-21(28)24(22)29)12-20-23(26(36)37-4)16(3)34(25(20)35)19-8-5-7-18(13-19)27(30,31)32/h5-13H,1-4H3/b20-12-. The largest absolute Gasteiger partial charge is 0.465 e. The molecule has 0 N–H and O–H groups in total. The van der Waals surface area contributed by atoms with Gasteiger partial charge >= 0.3 is 12.1 Å². The number of hydrogen-bond acceptors (Lipinski definition) is 3. The molecule has 1 amide bonds. The van der Waals surface area contributed by atoms with Crippen LogP contribution in [0.15, 0.2) is 65.4 Å². The first kappa shape index (κ1) is 26.6. The Labute approximate surface area is 221 Å². The molecule has 1 aliphatic heterocycles. The fourth-order valence-corrected chi connectivity index (χ4v) is 4.82. The van der Waals surface area contributed by atoms with Crippen LogP contribution in [0.2, 0.25) is 10.0 Å². The van der Waals surface area contributed by atoms with Crippen LogP contribution in [0.25, 0.3) is 11.8 Å². The molecular weight excluding hydrogens is 528 g/mol. The molecule has 0 bridgehead atoms. The zero-order valence-electron chi connectivity index (χ0n) is 20.2. The Morgan fingerprint density at radius 2 is 1.70 bits per heavy atom. The molecule has 10 heteroatoms. The second kappa shape index (κ2) is 9.76. The molecule has 0 radical (unpaired) electrons. The zero-order chi connectivity index (χ0) is 27.2. The second-order valence-electron chi connectivity index (χ2n) is 8.43. The molecule has 0 saturated heterocycles. The lowest BCUT2D eigenvalue weighted by Gasteiger charge is -2.19. The summed E-state index contributed by atoms with van der Waals surface area (Å²) in [5.74, 6) is -1.43. The number of amides is 1. The summed E-state index contributed by atoms with van der Waals surface area (Å²) in [6, 6.07) is 11.4. The van der Waals surface area contributed by atoms with E-state index in [2.05, 4.69) is 0 Å². The van der Waals surface area contributed by atoms with Gasteiger partial charge in [0.05, 0.1) is 39.6 Å². The van der Waals surface area contributed by atoms with Gasteiger partial charge in [-0.1, -0.05) is 35.3 Å². The van der Waals surface area contributed by atoms with Crippen LogP contribution in [-0.4, -0.2) is 23.6 Å². The number of ether oxygens (including phenoxy) is 1. The molecule has 0 saturated carbocycles. The smallest absolute Gasteiger partial charge is 0.416 e. The van der Waals surface area contributed by atoms with Crippen molar-refractivity contribution in [1.82, 2.24) is 4.57 Å². The summed E-state index contributed by atoms with van der Waals surface area (Å²) in [4.78, 5) is 27.4. The minimum absolute atomic E-state index is 0.000738. The van der Waals surface area contributed by atoms with Gasteiger partial charge in [0.25, 0.3) is 5.91 Å². The van der Waals surface area contributed by atoms with Crippen LogP contribution in [-0.2, 0) is 20.5 Å². The van der Waals surface area contributed by atoms with E-state index in [1.807, 2.05) is 24.5 Å². The summed E-state index contributed by atoms with van der Waals surface area (Å²) >= 11 is 12.6. The predicted octanol–water partition coefficient (Wildman–Crippen LogP) is 7.30. The SMILES string of the molecule is COC(=O)C1=C(C)N(c2cccc(C(F)(F)F)c2)C(=O)/C1=C\c1cc(C)n(-c2cccc(Cl)c2Cl)c1C. The molecule has 37 heavy (non-hydrogen) atoms. The van der Waals surface area contributed by atoms with E-state index in [0.717, 1.165) is 22.7 Å². The maximum absolute atomic E-state index is 13.6. The van der Waals surface area contributed by atoms with Crippen LogP contribution >= 0.6 is 23.2 Å². The lowest BCUT2D eigenvalue weighted by molar-refractivity contribution is -0.137. The number of methoxy groups -OCH3 is 1. The number of aryl methyl sites for hydroxylation is 1. The molecule has 1 aliphatic rings. The fourth-order valence-electron chi connectivity index (χ4n) is 4.44. The number of hydrogen-bond donors (Lipinski definition) is 0. The molecule has 4 rings (SSSR count). The molecule has 3 aromatic rings. The quantitative estimate of drug-likeness (QED) is 0.254. The molecule has 2 heterocycles. The van der Waals surface area contributed by atoms with E-state index in [1.54, 1.807) is 18.2 Å². The van der Waals surface area contributed by atoms with Crippen LogP contribution in [0.5, 0.6) is 0 Å². The van der Waals surface area contributed by atoms with E-state index in [1.165, 1.54) is 32.2 Å².